The molecule has 7 nitrogen and oxygen atoms in total. The first-order chi connectivity index (χ1) is 13.8. The third-order valence-corrected chi connectivity index (χ3v) is 6.90. The van der Waals surface area contributed by atoms with E-state index in [9.17, 15) is 4.79 Å². The van der Waals surface area contributed by atoms with Gasteiger partial charge in [-0.15, -0.1) is 24.0 Å². The van der Waals surface area contributed by atoms with Crippen LogP contribution in [0.5, 0.6) is 0 Å². The van der Waals surface area contributed by atoms with E-state index in [1.807, 2.05) is 32.5 Å². The van der Waals surface area contributed by atoms with Gasteiger partial charge in [-0.05, 0) is 72.5 Å². The van der Waals surface area contributed by atoms with Crippen molar-refractivity contribution >= 4 is 47.8 Å². The Kier molecular flexibility index (Phi) is 12.2. The Labute approximate surface area is 203 Å². The van der Waals surface area contributed by atoms with Gasteiger partial charge in [0.15, 0.2) is 5.96 Å². The summed E-state index contributed by atoms with van der Waals surface area (Å²) in [7, 11) is 0. The van der Waals surface area contributed by atoms with E-state index in [0.717, 1.165) is 70.8 Å². The average Bonchev–Trinajstić information content (AvgIpc) is 2.67. The maximum Gasteiger partial charge on any atom is 0.407 e. The Morgan fingerprint density at radius 3 is 2.20 bits per heavy atom. The van der Waals surface area contributed by atoms with Gasteiger partial charge in [0.1, 0.15) is 5.60 Å². The second kappa shape index (κ2) is 13.2. The zero-order valence-corrected chi connectivity index (χ0v) is 22.4. The second-order valence-electron chi connectivity index (χ2n) is 9.03. The smallest absolute Gasteiger partial charge is 0.407 e. The third-order valence-electron chi connectivity index (χ3n) is 5.50. The number of guanidine groups is 1. The molecule has 0 spiro atoms. The molecular formula is C21H41IN4O3S. The van der Waals surface area contributed by atoms with Gasteiger partial charge in [-0.25, -0.2) is 4.79 Å². The SMILES string of the molecule is CCNC(=NCC1(SC)CCOCC1)NC1CCC(NC(=O)OC(C)(C)C)CC1.I. The van der Waals surface area contributed by atoms with E-state index >= 15 is 0 Å². The van der Waals surface area contributed by atoms with Crippen LogP contribution in [0.1, 0.15) is 66.2 Å². The topological polar surface area (TPSA) is 84.0 Å². The van der Waals surface area contributed by atoms with E-state index in [2.05, 4.69) is 29.1 Å². The standard InChI is InChI=1S/C21H40N4O3S.HI/c1-6-22-18(23-15-21(29-5)11-13-27-14-12-21)24-16-7-9-17(10-8-16)25-19(26)28-20(2,3)4;/h16-17H,6-15H2,1-5H3,(H,25,26)(H2,22,23,24);1H. The predicted octanol–water partition coefficient (Wildman–Crippen LogP) is 3.91. The fourth-order valence-corrected chi connectivity index (χ4v) is 4.53. The molecule has 0 unspecified atom stereocenters. The van der Waals surface area contributed by atoms with Crippen LogP contribution in [0.4, 0.5) is 4.79 Å². The van der Waals surface area contributed by atoms with Crippen molar-refractivity contribution in [2.45, 2.75) is 88.7 Å². The van der Waals surface area contributed by atoms with Crippen LogP contribution in [-0.2, 0) is 9.47 Å². The summed E-state index contributed by atoms with van der Waals surface area (Å²) in [6, 6.07) is 0.564. The normalized spacial score (nSPS) is 24.4. The summed E-state index contributed by atoms with van der Waals surface area (Å²) in [6.07, 6.45) is 7.88. The van der Waals surface area contributed by atoms with Crippen LogP contribution in [0.15, 0.2) is 4.99 Å². The number of halogens is 1. The van der Waals surface area contributed by atoms with Gasteiger partial charge in [0.25, 0.3) is 0 Å². The van der Waals surface area contributed by atoms with Crippen molar-refractivity contribution in [2.75, 3.05) is 32.6 Å². The lowest BCUT2D eigenvalue weighted by Crippen LogP contribution is -2.48. The molecule has 1 saturated carbocycles. The Morgan fingerprint density at radius 1 is 1.13 bits per heavy atom. The summed E-state index contributed by atoms with van der Waals surface area (Å²) in [4.78, 5) is 16.9. The number of hydrogen-bond donors (Lipinski definition) is 3. The molecule has 0 aromatic carbocycles. The monoisotopic (exact) mass is 556 g/mol. The zero-order chi connectivity index (χ0) is 21.3. The van der Waals surface area contributed by atoms with E-state index in [4.69, 9.17) is 14.5 Å². The van der Waals surface area contributed by atoms with E-state index in [1.165, 1.54) is 0 Å². The number of hydrogen-bond acceptors (Lipinski definition) is 5. The van der Waals surface area contributed by atoms with Gasteiger partial charge < -0.3 is 25.4 Å². The first-order valence-corrected chi connectivity index (χ1v) is 12.1. The van der Waals surface area contributed by atoms with Gasteiger partial charge in [-0.3, -0.25) is 4.99 Å². The van der Waals surface area contributed by atoms with E-state index < -0.39 is 5.60 Å². The van der Waals surface area contributed by atoms with Crippen molar-refractivity contribution in [1.82, 2.24) is 16.0 Å². The third kappa shape index (κ3) is 9.80. The molecule has 0 aromatic rings. The molecule has 3 N–H and O–H groups in total. The van der Waals surface area contributed by atoms with E-state index in [-0.39, 0.29) is 40.9 Å². The second-order valence-corrected chi connectivity index (χ2v) is 10.3. The number of nitrogens with one attached hydrogen (secondary N) is 3. The first-order valence-electron chi connectivity index (χ1n) is 10.9. The molecule has 9 heteroatoms. The molecule has 1 aliphatic heterocycles. The molecule has 1 amide bonds. The quantitative estimate of drug-likeness (QED) is 0.262. The zero-order valence-electron chi connectivity index (χ0n) is 19.2. The van der Waals surface area contributed by atoms with Gasteiger partial charge >= 0.3 is 6.09 Å². The molecule has 176 valence electrons. The fraction of sp³-hybridized carbons (Fsp3) is 0.905. The van der Waals surface area contributed by atoms with E-state index in [1.54, 1.807) is 0 Å². The molecular weight excluding hydrogens is 515 g/mol. The molecule has 2 fully saturated rings. The number of carbonyl (C=O) groups excluding carboxylic acids is 1. The number of aliphatic imine (C=N–C) groups is 1. The van der Waals surface area contributed by atoms with Crippen molar-refractivity contribution in [3.8, 4) is 0 Å². The lowest BCUT2D eigenvalue weighted by Gasteiger charge is -2.35. The van der Waals surface area contributed by atoms with Crippen LogP contribution in [0.2, 0.25) is 0 Å². The number of ether oxygens (including phenoxy) is 2. The molecule has 30 heavy (non-hydrogen) atoms. The highest BCUT2D eigenvalue weighted by atomic mass is 127. The van der Waals surface area contributed by atoms with Crippen molar-refractivity contribution in [1.29, 1.82) is 0 Å². The maximum atomic E-state index is 12.0. The summed E-state index contributed by atoms with van der Waals surface area (Å²) in [5, 5.41) is 10.00. The highest BCUT2D eigenvalue weighted by molar-refractivity contribution is 14.0. The summed E-state index contributed by atoms with van der Waals surface area (Å²) in [6.45, 7) is 11.1. The summed E-state index contributed by atoms with van der Waals surface area (Å²) in [5.74, 6) is 0.899. The lowest BCUT2D eigenvalue weighted by molar-refractivity contribution is 0.0490. The van der Waals surface area contributed by atoms with Gasteiger partial charge in [0.05, 0.1) is 6.54 Å². The summed E-state index contributed by atoms with van der Waals surface area (Å²) in [5.41, 5.74) is -0.460. The Hall–Kier alpha value is -0.420. The molecule has 1 heterocycles. The minimum Gasteiger partial charge on any atom is -0.444 e. The van der Waals surface area contributed by atoms with Crippen molar-refractivity contribution in [2.24, 2.45) is 4.99 Å². The summed E-state index contributed by atoms with van der Waals surface area (Å²) < 4.78 is 11.1. The first kappa shape index (κ1) is 27.6. The number of alkyl carbamates (subject to hydrolysis) is 1. The maximum absolute atomic E-state index is 12.0. The number of carbonyl (C=O) groups is 1. The highest BCUT2D eigenvalue weighted by Gasteiger charge is 2.32. The van der Waals surface area contributed by atoms with Crippen molar-refractivity contribution in [3.63, 3.8) is 0 Å². The lowest BCUT2D eigenvalue weighted by atomic mass is 9.91. The predicted molar refractivity (Wildman–Crippen MR) is 136 cm³/mol. The number of thioether (sulfide) groups is 1. The van der Waals surface area contributed by atoms with Crippen LogP contribution in [0.3, 0.4) is 0 Å². The Bertz CT molecular complexity index is 543. The van der Waals surface area contributed by atoms with Crippen LogP contribution in [0.25, 0.3) is 0 Å². The van der Waals surface area contributed by atoms with E-state index in [0.29, 0.717) is 6.04 Å². The molecule has 0 bridgehead atoms. The molecule has 2 rings (SSSR count). The van der Waals surface area contributed by atoms with Gasteiger partial charge in [0, 0.05) is 36.6 Å². The van der Waals surface area contributed by atoms with Crippen LogP contribution >= 0.6 is 35.7 Å². The van der Waals surface area contributed by atoms with Gasteiger partial charge in [-0.1, -0.05) is 0 Å². The number of amides is 1. The highest BCUT2D eigenvalue weighted by Crippen LogP contribution is 2.34. The molecule has 1 saturated heterocycles. The van der Waals surface area contributed by atoms with Gasteiger partial charge in [0.2, 0.25) is 0 Å². The molecule has 0 atom stereocenters. The number of nitrogens with zero attached hydrogens (tertiary/aromatic N) is 1. The molecule has 1 aliphatic carbocycles. The Morgan fingerprint density at radius 2 is 1.70 bits per heavy atom. The molecule has 0 radical (unpaired) electrons. The van der Waals surface area contributed by atoms with Crippen molar-refractivity contribution in [3.05, 3.63) is 0 Å². The minimum absolute atomic E-state index is 0. The summed E-state index contributed by atoms with van der Waals surface area (Å²) >= 11 is 1.91. The minimum atomic E-state index is -0.460. The fourth-order valence-electron chi connectivity index (χ4n) is 3.76. The van der Waals surface area contributed by atoms with Crippen LogP contribution < -0.4 is 16.0 Å². The average molecular weight is 557 g/mol. The molecule has 2 aliphatic rings. The largest absolute Gasteiger partial charge is 0.444 e. The number of rotatable bonds is 6. The molecule has 0 aromatic heterocycles. The van der Waals surface area contributed by atoms with Gasteiger partial charge in [-0.2, -0.15) is 11.8 Å². The van der Waals surface area contributed by atoms with Crippen molar-refractivity contribution < 1.29 is 14.3 Å². The Balaban J connectivity index is 0.00000450. The van der Waals surface area contributed by atoms with Crippen LogP contribution in [-0.4, -0.2) is 67.0 Å². The van der Waals surface area contributed by atoms with Crippen LogP contribution in [0, 0.1) is 0 Å².